The number of carbonyl (C=O) groups is 1. The molecule has 2 rings (SSSR count). The van der Waals surface area contributed by atoms with Crippen molar-refractivity contribution in [1.82, 2.24) is 20.1 Å². The molecule has 1 amide bonds. The molecule has 100 valence electrons. The van der Waals surface area contributed by atoms with E-state index in [1.54, 1.807) is 36.6 Å². The predicted octanol–water partition coefficient (Wildman–Crippen LogP) is 1.51. The smallest absolute Gasteiger partial charge is 0.272 e. The SMILES string of the molecule is CCNc1ccnc(C(=O)N(C)Cc2cn[nH]c2)c1. The summed E-state index contributed by atoms with van der Waals surface area (Å²) >= 11 is 0. The summed E-state index contributed by atoms with van der Waals surface area (Å²) < 4.78 is 0. The third kappa shape index (κ3) is 3.31. The quantitative estimate of drug-likeness (QED) is 0.853. The second kappa shape index (κ2) is 5.99. The molecule has 2 heterocycles. The number of hydrogen-bond donors (Lipinski definition) is 2. The van der Waals surface area contributed by atoms with Crippen molar-refractivity contribution in [2.24, 2.45) is 0 Å². The van der Waals surface area contributed by atoms with E-state index < -0.39 is 0 Å². The van der Waals surface area contributed by atoms with Gasteiger partial charge in [0, 0.05) is 43.8 Å². The van der Waals surface area contributed by atoms with E-state index in [2.05, 4.69) is 20.5 Å². The average molecular weight is 259 g/mol. The molecule has 2 aromatic heterocycles. The second-order valence-corrected chi connectivity index (χ2v) is 4.23. The highest BCUT2D eigenvalue weighted by Crippen LogP contribution is 2.10. The first-order chi connectivity index (χ1) is 9.20. The van der Waals surface area contributed by atoms with E-state index in [-0.39, 0.29) is 5.91 Å². The molecule has 19 heavy (non-hydrogen) atoms. The van der Waals surface area contributed by atoms with Gasteiger partial charge < -0.3 is 10.2 Å². The van der Waals surface area contributed by atoms with Crippen LogP contribution in [0.15, 0.2) is 30.7 Å². The number of H-pyrrole nitrogens is 1. The molecule has 0 aliphatic carbocycles. The molecule has 0 saturated carbocycles. The molecule has 0 aliphatic rings. The molecule has 0 aromatic carbocycles. The lowest BCUT2D eigenvalue weighted by Gasteiger charge is -2.16. The van der Waals surface area contributed by atoms with Crippen LogP contribution in [0.25, 0.3) is 0 Å². The minimum Gasteiger partial charge on any atom is -0.385 e. The van der Waals surface area contributed by atoms with E-state index in [0.717, 1.165) is 17.8 Å². The number of amides is 1. The highest BCUT2D eigenvalue weighted by molar-refractivity contribution is 5.92. The minimum absolute atomic E-state index is 0.110. The van der Waals surface area contributed by atoms with Crippen molar-refractivity contribution in [2.45, 2.75) is 13.5 Å². The van der Waals surface area contributed by atoms with Crippen LogP contribution in [0.1, 0.15) is 23.0 Å². The van der Waals surface area contributed by atoms with Crippen molar-refractivity contribution in [3.63, 3.8) is 0 Å². The van der Waals surface area contributed by atoms with Crippen LogP contribution in [0.3, 0.4) is 0 Å². The summed E-state index contributed by atoms with van der Waals surface area (Å²) in [6, 6.07) is 3.61. The molecule has 0 spiro atoms. The Labute approximate surface area is 111 Å². The Morgan fingerprint density at radius 1 is 1.53 bits per heavy atom. The number of anilines is 1. The zero-order valence-corrected chi connectivity index (χ0v) is 11.1. The van der Waals surface area contributed by atoms with E-state index in [9.17, 15) is 4.79 Å². The van der Waals surface area contributed by atoms with Gasteiger partial charge in [-0.3, -0.25) is 14.9 Å². The third-order valence-corrected chi connectivity index (χ3v) is 2.68. The lowest BCUT2D eigenvalue weighted by molar-refractivity contribution is 0.0779. The molecule has 0 fully saturated rings. The van der Waals surface area contributed by atoms with Crippen LogP contribution >= 0.6 is 0 Å². The van der Waals surface area contributed by atoms with Gasteiger partial charge in [0.1, 0.15) is 5.69 Å². The van der Waals surface area contributed by atoms with E-state index >= 15 is 0 Å². The highest BCUT2D eigenvalue weighted by Gasteiger charge is 2.14. The van der Waals surface area contributed by atoms with Crippen LogP contribution in [0.4, 0.5) is 5.69 Å². The molecule has 0 saturated heterocycles. The first kappa shape index (κ1) is 13.1. The van der Waals surface area contributed by atoms with Gasteiger partial charge in [-0.2, -0.15) is 5.10 Å². The number of hydrogen-bond acceptors (Lipinski definition) is 4. The third-order valence-electron chi connectivity index (χ3n) is 2.68. The molecule has 0 radical (unpaired) electrons. The van der Waals surface area contributed by atoms with Crippen LogP contribution in [-0.2, 0) is 6.54 Å². The maximum absolute atomic E-state index is 12.2. The maximum Gasteiger partial charge on any atom is 0.272 e. The van der Waals surface area contributed by atoms with E-state index in [4.69, 9.17) is 0 Å². The van der Waals surface area contributed by atoms with Crippen LogP contribution < -0.4 is 5.32 Å². The monoisotopic (exact) mass is 259 g/mol. The number of carbonyl (C=O) groups excluding carboxylic acids is 1. The summed E-state index contributed by atoms with van der Waals surface area (Å²) in [5.41, 5.74) is 2.29. The zero-order valence-electron chi connectivity index (χ0n) is 11.1. The number of pyridine rings is 1. The van der Waals surface area contributed by atoms with Gasteiger partial charge in [0.2, 0.25) is 0 Å². The first-order valence-electron chi connectivity index (χ1n) is 6.13. The molecule has 0 atom stereocenters. The molecule has 0 aliphatic heterocycles. The van der Waals surface area contributed by atoms with Crippen molar-refractivity contribution in [2.75, 3.05) is 18.9 Å². The lowest BCUT2D eigenvalue weighted by Crippen LogP contribution is -2.26. The molecule has 2 aromatic rings. The van der Waals surface area contributed by atoms with Crippen LogP contribution in [0, 0.1) is 0 Å². The second-order valence-electron chi connectivity index (χ2n) is 4.23. The molecular formula is C13H17N5O. The minimum atomic E-state index is -0.110. The van der Waals surface area contributed by atoms with Gasteiger partial charge in [-0.05, 0) is 19.1 Å². The van der Waals surface area contributed by atoms with Crippen LogP contribution in [0.2, 0.25) is 0 Å². The summed E-state index contributed by atoms with van der Waals surface area (Å²) in [5.74, 6) is -0.110. The van der Waals surface area contributed by atoms with Crippen molar-refractivity contribution in [3.05, 3.63) is 42.0 Å². The summed E-state index contributed by atoms with van der Waals surface area (Å²) in [5, 5.41) is 9.74. The van der Waals surface area contributed by atoms with Gasteiger partial charge in [-0.15, -0.1) is 0 Å². The van der Waals surface area contributed by atoms with Crippen molar-refractivity contribution in [3.8, 4) is 0 Å². The van der Waals surface area contributed by atoms with Gasteiger partial charge in [0.15, 0.2) is 0 Å². The summed E-state index contributed by atoms with van der Waals surface area (Å²) in [7, 11) is 1.75. The summed E-state index contributed by atoms with van der Waals surface area (Å²) in [6.45, 7) is 3.32. The summed E-state index contributed by atoms with van der Waals surface area (Å²) in [6.07, 6.45) is 5.11. The van der Waals surface area contributed by atoms with Gasteiger partial charge >= 0.3 is 0 Å². The molecule has 6 heteroatoms. The fourth-order valence-corrected chi connectivity index (χ4v) is 1.77. The topological polar surface area (TPSA) is 73.9 Å². The van der Waals surface area contributed by atoms with Gasteiger partial charge in [0.05, 0.1) is 6.20 Å². The highest BCUT2D eigenvalue weighted by atomic mass is 16.2. The van der Waals surface area contributed by atoms with Crippen molar-refractivity contribution in [1.29, 1.82) is 0 Å². The Hall–Kier alpha value is -2.37. The largest absolute Gasteiger partial charge is 0.385 e. The standard InChI is InChI=1S/C13H17N5O/c1-3-14-11-4-5-15-12(6-11)13(19)18(2)9-10-7-16-17-8-10/h4-8H,3,9H2,1-2H3,(H,14,15)(H,16,17). The first-order valence-corrected chi connectivity index (χ1v) is 6.13. The maximum atomic E-state index is 12.2. The average Bonchev–Trinajstić information content (AvgIpc) is 2.91. The number of nitrogens with one attached hydrogen (secondary N) is 2. The number of aromatic amines is 1. The Bertz CT molecular complexity index is 538. The fourth-order valence-electron chi connectivity index (χ4n) is 1.77. The van der Waals surface area contributed by atoms with Crippen LogP contribution in [-0.4, -0.2) is 39.6 Å². The predicted molar refractivity (Wildman–Crippen MR) is 72.8 cm³/mol. The number of aromatic nitrogens is 3. The Morgan fingerprint density at radius 2 is 2.37 bits per heavy atom. The molecular weight excluding hydrogens is 242 g/mol. The Morgan fingerprint density at radius 3 is 3.05 bits per heavy atom. The molecule has 0 bridgehead atoms. The van der Waals surface area contributed by atoms with Crippen molar-refractivity contribution < 1.29 is 4.79 Å². The zero-order chi connectivity index (χ0) is 13.7. The lowest BCUT2D eigenvalue weighted by atomic mass is 10.2. The Balaban J connectivity index is 2.08. The summed E-state index contributed by atoms with van der Waals surface area (Å²) in [4.78, 5) is 18.0. The molecule has 2 N–H and O–H groups in total. The normalized spacial score (nSPS) is 10.2. The Kier molecular flexibility index (Phi) is 4.12. The van der Waals surface area contributed by atoms with Crippen molar-refractivity contribution >= 4 is 11.6 Å². The number of rotatable bonds is 5. The van der Waals surface area contributed by atoms with E-state index in [0.29, 0.717) is 12.2 Å². The fraction of sp³-hybridized carbons (Fsp3) is 0.308. The van der Waals surface area contributed by atoms with E-state index in [1.807, 2.05) is 13.0 Å². The van der Waals surface area contributed by atoms with Gasteiger partial charge in [0.25, 0.3) is 5.91 Å². The molecule has 6 nitrogen and oxygen atoms in total. The number of nitrogens with zero attached hydrogens (tertiary/aromatic N) is 3. The van der Waals surface area contributed by atoms with Gasteiger partial charge in [-0.25, -0.2) is 0 Å². The van der Waals surface area contributed by atoms with Crippen LogP contribution in [0.5, 0.6) is 0 Å². The molecule has 0 unspecified atom stereocenters. The van der Waals surface area contributed by atoms with E-state index in [1.165, 1.54) is 0 Å². The van der Waals surface area contributed by atoms with Gasteiger partial charge in [-0.1, -0.05) is 0 Å².